The molecule has 2 aromatic rings. The van der Waals surface area contributed by atoms with Crippen molar-refractivity contribution in [2.45, 2.75) is 39.1 Å². The second-order valence-corrected chi connectivity index (χ2v) is 4.82. The van der Waals surface area contributed by atoms with E-state index in [0.29, 0.717) is 6.42 Å². The summed E-state index contributed by atoms with van der Waals surface area (Å²) in [7, 11) is 0. The summed E-state index contributed by atoms with van der Waals surface area (Å²) in [5, 5.41) is 1.13. The highest BCUT2D eigenvalue weighted by Gasteiger charge is 2.15. The highest BCUT2D eigenvalue weighted by atomic mass is 16.1. The molecule has 2 nitrogen and oxygen atoms in total. The number of rotatable bonds is 6. The fraction of sp³-hybridized carbons (Fsp3) is 0.353. The van der Waals surface area contributed by atoms with Gasteiger partial charge in [-0.15, -0.1) is 6.58 Å². The van der Waals surface area contributed by atoms with Crippen LogP contribution in [0.2, 0.25) is 0 Å². The van der Waals surface area contributed by atoms with Crippen LogP contribution in [0.4, 0.5) is 0 Å². The summed E-state index contributed by atoms with van der Waals surface area (Å²) in [6.07, 6.45) is 3.64. The number of carbonyl (C=O) groups excluding carboxylic acids is 1. The van der Waals surface area contributed by atoms with Crippen LogP contribution in [0, 0.1) is 0 Å². The van der Waals surface area contributed by atoms with Crippen LogP contribution in [0.3, 0.4) is 0 Å². The van der Waals surface area contributed by atoms with Gasteiger partial charge in [-0.3, -0.25) is 4.79 Å². The van der Waals surface area contributed by atoms with Gasteiger partial charge in [0.15, 0.2) is 0 Å². The summed E-state index contributed by atoms with van der Waals surface area (Å²) in [6.45, 7) is 8.30. The van der Waals surface area contributed by atoms with Crippen molar-refractivity contribution in [2.24, 2.45) is 0 Å². The van der Waals surface area contributed by atoms with Crippen LogP contribution in [-0.4, -0.2) is 10.4 Å². The molecule has 0 aliphatic carbocycles. The molecule has 0 aliphatic heterocycles. The Kier molecular flexibility index (Phi) is 3.78. The van der Waals surface area contributed by atoms with Crippen molar-refractivity contribution >= 4 is 16.7 Å². The zero-order valence-electron chi connectivity index (χ0n) is 12.6. The Balaban J connectivity index is 2.48. The fourth-order valence-corrected chi connectivity index (χ4v) is 2.41. The number of Topliss-reactive ketones (excluding diaryl/α,β-unsaturated/α-hetero) is 1. The number of aromatic nitrogens is 1. The van der Waals surface area contributed by atoms with Crippen LogP contribution < -0.4 is 0 Å². The number of hydrogen-bond donors (Lipinski definition) is 0. The van der Waals surface area contributed by atoms with Gasteiger partial charge in [0.1, 0.15) is 5.78 Å². The van der Waals surface area contributed by atoms with Gasteiger partial charge in [-0.25, -0.2) is 0 Å². The quantitative estimate of drug-likeness (QED) is 0.706. The van der Waals surface area contributed by atoms with Crippen LogP contribution in [-0.2, 0) is 11.3 Å². The maximum atomic E-state index is 11.8. The lowest BCUT2D eigenvalue weighted by Crippen LogP contribution is -2.02. The lowest BCUT2D eigenvalue weighted by molar-refractivity contribution is -0.119. The molecule has 0 radical (unpaired) electrons. The molecular weight excluding hydrogens is 234 g/mol. The molecular formula is C17H21NO. The molecule has 1 heterocycles. The largest absolute Gasteiger partial charge is 0.343 e. The monoisotopic (exact) mass is 256 g/mol. The van der Waals surface area contributed by atoms with Gasteiger partial charge in [-0.2, -0.15) is 0 Å². The Hall–Kier alpha value is -1.83. The minimum Gasteiger partial charge on any atom is -0.343 e. The molecule has 0 amide bonds. The van der Waals surface area contributed by atoms with E-state index in [1.54, 1.807) is 0 Å². The van der Waals surface area contributed by atoms with Gasteiger partial charge in [0.25, 0.3) is 0 Å². The molecule has 1 aromatic carbocycles. The average Bonchev–Trinajstić information content (AvgIpc) is 2.84. The molecule has 2 heteroatoms. The summed E-state index contributed by atoms with van der Waals surface area (Å²) in [6, 6.07) is 8.13. The summed E-state index contributed by atoms with van der Waals surface area (Å²) in [4.78, 5) is 11.8. The Morgan fingerprint density at radius 3 is 2.95 bits per heavy atom. The molecule has 0 saturated heterocycles. The van der Waals surface area contributed by atoms with Gasteiger partial charge in [-0.1, -0.05) is 38.1 Å². The van der Waals surface area contributed by atoms with Crippen molar-refractivity contribution in [1.29, 1.82) is 0 Å². The predicted octanol–water partition coefficient (Wildman–Crippen LogP) is 4.30. The highest BCUT2D eigenvalue weighted by molar-refractivity contribution is 5.86. The number of carbonyl (C=O) groups is 1. The van der Waals surface area contributed by atoms with E-state index in [1.165, 1.54) is 0 Å². The normalized spacial score (nSPS) is 14.9. The Labute approximate surface area is 116 Å². The van der Waals surface area contributed by atoms with Crippen molar-refractivity contribution in [3.63, 3.8) is 0 Å². The first-order valence-corrected chi connectivity index (χ1v) is 6.73. The molecule has 0 N–H and O–H groups in total. The van der Waals surface area contributed by atoms with Crippen molar-refractivity contribution < 1.29 is 6.17 Å². The number of ketones is 1. The highest BCUT2D eigenvalue weighted by Crippen LogP contribution is 2.30. The van der Waals surface area contributed by atoms with Crippen LogP contribution in [0.25, 0.3) is 10.9 Å². The number of benzene rings is 1. The maximum absolute atomic E-state index is 11.8. The van der Waals surface area contributed by atoms with Crippen LogP contribution in [0.15, 0.2) is 43.1 Å². The topological polar surface area (TPSA) is 22.0 Å². The molecule has 19 heavy (non-hydrogen) atoms. The molecule has 0 unspecified atom stereocenters. The van der Waals surface area contributed by atoms with E-state index in [-0.39, 0.29) is 11.7 Å². The number of hydrogen-bond acceptors (Lipinski definition) is 1. The zero-order valence-corrected chi connectivity index (χ0v) is 11.6. The lowest BCUT2D eigenvalue weighted by atomic mass is 9.94. The summed E-state index contributed by atoms with van der Waals surface area (Å²) in [5.74, 6) is -0.100. The first kappa shape index (κ1) is 12.2. The smallest absolute Gasteiger partial charge is 0.133 e. The van der Waals surface area contributed by atoms with Gasteiger partial charge in [-0.05, 0) is 17.5 Å². The van der Waals surface area contributed by atoms with E-state index >= 15 is 0 Å². The number of allylic oxidation sites excluding steroid dienone is 1. The van der Waals surface area contributed by atoms with Gasteiger partial charge in [0, 0.05) is 37.8 Å². The van der Waals surface area contributed by atoms with E-state index < -0.39 is 6.40 Å². The molecule has 2 rings (SSSR count). The molecule has 2 atom stereocenters. The van der Waals surface area contributed by atoms with Crippen molar-refractivity contribution in [2.75, 3.05) is 0 Å². The van der Waals surface area contributed by atoms with E-state index in [0.717, 1.165) is 23.0 Å². The van der Waals surface area contributed by atoms with E-state index in [2.05, 4.69) is 29.5 Å². The van der Waals surface area contributed by atoms with Crippen LogP contribution in [0.5, 0.6) is 0 Å². The third-order valence-electron chi connectivity index (χ3n) is 3.42. The number of fused-ring (bicyclic) bond motifs is 1. The summed E-state index contributed by atoms with van der Waals surface area (Å²) in [5.41, 5.74) is 2.20. The van der Waals surface area contributed by atoms with Crippen molar-refractivity contribution in [3.05, 3.63) is 48.7 Å². The minimum atomic E-state index is -0.692. The van der Waals surface area contributed by atoms with Gasteiger partial charge in [0.05, 0.1) is 0 Å². The number of para-hydroxylation sites is 1. The Morgan fingerprint density at radius 1 is 1.53 bits per heavy atom. The van der Waals surface area contributed by atoms with Gasteiger partial charge >= 0.3 is 0 Å². The molecule has 0 saturated carbocycles. The van der Waals surface area contributed by atoms with E-state index in [1.807, 2.05) is 32.1 Å². The second-order valence-electron chi connectivity index (χ2n) is 4.82. The Morgan fingerprint density at radius 2 is 2.26 bits per heavy atom. The SMILES string of the molecule is [2H][C@H](C(=O)CC)[C@H](C)c1cn(CC=C)c2ccccc12. The minimum absolute atomic E-state index is 0.00180. The van der Waals surface area contributed by atoms with E-state index in [9.17, 15) is 4.79 Å². The fourth-order valence-electron chi connectivity index (χ4n) is 2.41. The average molecular weight is 256 g/mol. The first-order valence-electron chi connectivity index (χ1n) is 7.31. The number of nitrogens with zero attached hydrogens (tertiary/aromatic N) is 1. The van der Waals surface area contributed by atoms with Gasteiger partial charge in [0.2, 0.25) is 0 Å². The van der Waals surface area contributed by atoms with Crippen LogP contribution in [0.1, 0.15) is 39.5 Å². The Bertz CT molecular complexity index is 629. The van der Waals surface area contributed by atoms with Gasteiger partial charge < -0.3 is 4.57 Å². The predicted molar refractivity (Wildman–Crippen MR) is 80.5 cm³/mol. The molecule has 1 aromatic heterocycles. The molecule has 0 fully saturated rings. The van der Waals surface area contributed by atoms with Crippen LogP contribution >= 0.6 is 0 Å². The molecule has 0 aliphatic rings. The molecule has 100 valence electrons. The second kappa shape index (κ2) is 5.87. The molecule has 0 bridgehead atoms. The third-order valence-corrected chi connectivity index (χ3v) is 3.42. The van der Waals surface area contributed by atoms with Crippen molar-refractivity contribution in [1.82, 2.24) is 4.57 Å². The third kappa shape index (κ3) is 2.78. The zero-order chi connectivity index (χ0) is 14.7. The van der Waals surface area contributed by atoms with E-state index in [4.69, 9.17) is 1.37 Å². The molecule has 0 spiro atoms. The summed E-state index contributed by atoms with van der Waals surface area (Å²) < 4.78 is 10.3. The lowest BCUT2D eigenvalue weighted by Gasteiger charge is -2.08. The summed E-state index contributed by atoms with van der Waals surface area (Å²) >= 11 is 0. The standard InChI is InChI=1S/C17H21NO/c1-4-10-18-12-16(13(3)11-14(19)5-2)15-8-6-7-9-17(15)18/h4,6-9,12-13H,1,5,10-11H2,2-3H3/t13-/m0/s1/i11D/t11-,13-. The first-order chi connectivity index (χ1) is 9.60. The maximum Gasteiger partial charge on any atom is 0.133 e. The van der Waals surface area contributed by atoms with Crippen molar-refractivity contribution in [3.8, 4) is 0 Å².